The number of allylic oxidation sites excluding steroid dienone is 1. The average molecular weight is 334 g/mol. The zero-order valence-electron chi connectivity index (χ0n) is 15.5. The molecule has 0 aliphatic carbocycles. The van der Waals surface area contributed by atoms with E-state index in [0.717, 1.165) is 0 Å². The summed E-state index contributed by atoms with van der Waals surface area (Å²) in [5.74, 6) is 0. The van der Waals surface area contributed by atoms with Crippen molar-refractivity contribution in [3.8, 4) is 0 Å². The van der Waals surface area contributed by atoms with Crippen molar-refractivity contribution in [2.45, 2.75) is 65.0 Å². The van der Waals surface area contributed by atoms with Crippen molar-refractivity contribution in [2.24, 2.45) is 0 Å². The average Bonchev–Trinajstić information content (AvgIpc) is 2.42. The molecule has 1 atom stereocenters. The number of carbonyl (C=O) groups excluding carboxylic acids is 1. The Morgan fingerprint density at radius 2 is 1.57 bits per heavy atom. The van der Waals surface area contributed by atoms with Gasteiger partial charge in [0.25, 0.3) is 0 Å². The van der Waals surface area contributed by atoms with E-state index in [1.807, 2.05) is 39.8 Å². The summed E-state index contributed by atoms with van der Waals surface area (Å²) in [4.78, 5) is 14.0. The molecule has 128 valence electrons. The summed E-state index contributed by atoms with van der Waals surface area (Å²) in [5.41, 5.74) is 1.60. The normalized spacial score (nSPS) is 13.6. The molecule has 1 aromatic carbocycles. The maximum absolute atomic E-state index is 12.3. The molecule has 0 spiro atoms. The third-order valence-corrected chi connectivity index (χ3v) is 6.25. The fourth-order valence-corrected chi connectivity index (χ4v) is 4.66. The molecule has 0 saturated carbocycles. The molecule has 23 heavy (non-hydrogen) atoms. The number of hydrogen-bond acceptors (Lipinski definition) is 2. The first-order valence-corrected chi connectivity index (χ1v) is 11.9. The van der Waals surface area contributed by atoms with Gasteiger partial charge >= 0.3 is 6.09 Å². The molecule has 0 N–H and O–H groups in total. The standard InChI is InChI=1S/C19H31NO2Si/c1-15(2)20(16(3)4)19(21)22-14-13-18(23(5,6)7)17-11-9-8-10-12-17/h8-16,18H,1-7H3/b14-13-/t18-/m0/s1. The number of benzene rings is 1. The highest BCUT2D eigenvalue weighted by atomic mass is 28.3. The van der Waals surface area contributed by atoms with Crippen molar-refractivity contribution < 1.29 is 9.53 Å². The Bertz CT molecular complexity index is 510. The predicted octanol–water partition coefficient (Wildman–Crippen LogP) is 5.42. The maximum atomic E-state index is 12.3. The minimum absolute atomic E-state index is 0.123. The molecule has 0 unspecified atom stereocenters. The van der Waals surface area contributed by atoms with Crippen LogP contribution in [0.5, 0.6) is 0 Å². The third kappa shape index (κ3) is 5.86. The smallest absolute Gasteiger partial charge is 0.415 e. The Labute approximate surface area is 142 Å². The second-order valence-electron chi connectivity index (χ2n) is 7.56. The van der Waals surface area contributed by atoms with Crippen molar-refractivity contribution in [3.05, 3.63) is 48.2 Å². The van der Waals surface area contributed by atoms with Crippen LogP contribution in [-0.2, 0) is 4.74 Å². The van der Waals surface area contributed by atoms with Crippen molar-refractivity contribution >= 4 is 14.2 Å². The molecule has 0 radical (unpaired) electrons. The Morgan fingerprint density at radius 3 is 2.00 bits per heavy atom. The van der Waals surface area contributed by atoms with Crippen LogP contribution < -0.4 is 0 Å². The SMILES string of the molecule is CC(C)N(C(=O)O/C=C\[C@@H](c1ccccc1)[Si](C)(C)C)C(C)C. The van der Waals surface area contributed by atoms with Gasteiger partial charge in [-0.25, -0.2) is 4.79 Å². The molecular formula is C19H31NO2Si. The Kier molecular flexibility index (Phi) is 7.07. The number of hydrogen-bond donors (Lipinski definition) is 0. The second-order valence-corrected chi connectivity index (χ2v) is 12.9. The third-order valence-electron chi connectivity index (χ3n) is 3.86. The molecule has 0 fully saturated rings. The number of nitrogens with zero attached hydrogens (tertiary/aromatic N) is 1. The minimum atomic E-state index is -1.46. The summed E-state index contributed by atoms with van der Waals surface area (Å²) in [6.45, 7) is 15.0. The Balaban J connectivity index is 2.85. The van der Waals surface area contributed by atoms with Gasteiger partial charge in [-0.3, -0.25) is 0 Å². The van der Waals surface area contributed by atoms with E-state index in [-0.39, 0.29) is 18.2 Å². The first-order chi connectivity index (χ1) is 10.6. The van der Waals surface area contributed by atoms with Gasteiger partial charge in [0.05, 0.1) is 14.3 Å². The van der Waals surface area contributed by atoms with Gasteiger partial charge in [0.15, 0.2) is 0 Å². The topological polar surface area (TPSA) is 29.5 Å². The van der Waals surface area contributed by atoms with Crippen molar-refractivity contribution in [3.63, 3.8) is 0 Å². The summed E-state index contributed by atoms with van der Waals surface area (Å²) >= 11 is 0. The largest absolute Gasteiger partial charge is 0.418 e. The monoisotopic (exact) mass is 333 g/mol. The fraction of sp³-hybridized carbons (Fsp3) is 0.526. The van der Waals surface area contributed by atoms with Gasteiger partial charge in [-0.05, 0) is 44.9 Å². The molecule has 1 amide bonds. The lowest BCUT2D eigenvalue weighted by molar-refractivity contribution is 0.109. The lowest BCUT2D eigenvalue weighted by atomic mass is 10.1. The zero-order valence-corrected chi connectivity index (χ0v) is 16.5. The van der Waals surface area contributed by atoms with Crippen molar-refractivity contribution in [2.75, 3.05) is 0 Å². The number of rotatable bonds is 6. The zero-order chi connectivity index (χ0) is 17.6. The first kappa shape index (κ1) is 19.5. The van der Waals surface area contributed by atoms with Crippen molar-refractivity contribution in [1.82, 2.24) is 4.90 Å². The van der Waals surface area contributed by atoms with Crippen LogP contribution in [0.4, 0.5) is 4.79 Å². The van der Waals surface area contributed by atoms with Crippen LogP contribution in [-0.4, -0.2) is 31.2 Å². The molecule has 0 aromatic heterocycles. The summed E-state index contributed by atoms with van der Waals surface area (Å²) in [7, 11) is -1.46. The highest BCUT2D eigenvalue weighted by molar-refractivity contribution is 6.78. The van der Waals surface area contributed by atoms with Crippen LogP contribution in [0.1, 0.15) is 38.8 Å². The molecule has 0 bridgehead atoms. The molecule has 1 aromatic rings. The summed E-state index contributed by atoms with van der Waals surface area (Å²) in [6, 6.07) is 10.7. The van der Waals surface area contributed by atoms with E-state index in [2.05, 4.69) is 43.9 Å². The number of carbonyl (C=O) groups is 1. The second kappa shape index (κ2) is 8.34. The van der Waals surface area contributed by atoms with E-state index < -0.39 is 8.07 Å². The molecule has 0 saturated heterocycles. The lowest BCUT2D eigenvalue weighted by Crippen LogP contribution is -2.41. The van der Waals surface area contributed by atoms with Gasteiger partial charge in [0.1, 0.15) is 0 Å². The summed E-state index contributed by atoms with van der Waals surface area (Å²) in [6.07, 6.45) is 3.34. The highest BCUT2D eigenvalue weighted by Gasteiger charge is 2.26. The summed E-state index contributed by atoms with van der Waals surface area (Å²) < 4.78 is 5.40. The lowest BCUT2D eigenvalue weighted by Gasteiger charge is -2.29. The van der Waals surface area contributed by atoms with Gasteiger partial charge < -0.3 is 9.64 Å². The van der Waals surface area contributed by atoms with Crippen LogP contribution in [0, 0.1) is 0 Å². The van der Waals surface area contributed by atoms with Crippen molar-refractivity contribution in [1.29, 1.82) is 0 Å². The molecular weight excluding hydrogens is 302 g/mol. The van der Waals surface area contributed by atoms with E-state index in [4.69, 9.17) is 4.74 Å². The van der Waals surface area contributed by atoms with Gasteiger partial charge in [-0.1, -0.05) is 50.0 Å². The van der Waals surface area contributed by atoms with Crippen LogP contribution in [0.2, 0.25) is 19.6 Å². The van der Waals surface area contributed by atoms with Gasteiger partial charge in [0.2, 0.25) is 0 Å². The van der Waals surface area contributed by atoms with Crippen LogP contribution in [0.15, 0.2) is 42.7 Å². The molecule has 0 aliphatic heterocycles. The van der Waals surface area contributed by atoms with E-state index in [9.17, 15) is 4.79 Å². The number of ether oxygens (including phenoxy) is 1. The van der Waals surface area contributed by atoms with Crippen LogP contribution in [0.25, 0.3) is 0 Å². The Morgan fingerprint density at radius 1 is 1.04 bits per heavy atom. The van der Waals surface area contributed by atoms with E-state index >= 15 is 0 Å². The maximum Gasteiger partial charge on any atom is 0.415 e. The highest BCUT2D eigenvalue weighted by Crippen LogP contribution is 2.28. The van der Waals surface area contributed by atoms with Crippen LogP contribution >= 0.6 is 0 Å². The Hall–Kier alpha value is -1.55. The van der Waals surface area contributed by atoms with Gasteiger partial charge in [-0.2, -0.15) is 0 Å². The predicted molar refractivity (Wildman–Crippen MR) is 100 cm³/mol. The molecule has 0 heterocycles. The molecule has 0 aliphatic rings. The summed E-state index contributed by atoms with van der Waals surface area (Å²) in [5, 5.41) is 0. The quantitative estimate of drug-likeness (QED) is 0.514. The van der Waals surface area contributed by atoms with E-state index in [1.54, 1.807) is 11.2 Å². The fourth-order valence-electron chi connectivity index (χ4n) is 2.81. The first-order valence-electron chi connectivity index (χ1n) is 8.35. The van der Waals surface area contributed by atoms with Gasteiger partial charge in [0, 0.05) is 12.1 Å². The van der Waals surface area contributed by atoms with E-state index in [1.165, 1.54) is 5.56 Å². The van der Waals surface area contributed by atoms with Crippen LogP contribution in [0.3, 0.4) is 0 Å². The van der Waals surface area contributed by atoms with E-state index in [0.29, 0.717) is 5.54 Å². The number of amides is 1. The van der Waals surface area contributed by atoms with Gasteiger partial charge in [-0.15, -0.1) is 0 Å². The minimum Gasteiger partial charge on any atom is -0.418 e. The molecule has 4 heteroatoms. The molecule has 1 rings (SSSR count). The molecule has 3 nitrogen and oxygen atoms in total.